The second-order valence-corrected chi connectivity index (χ2v) is 4.64. The van der Waals surface area contributed by atoms with Crippen molar-refractivity contribution in [3.63, 3.8) is 0 Å². The van der Waals surface area contributed by atoms with Crippen LogP contribution >= 0.6 is 0 Å². The first-order valence-corrected chi connectivity index (χ1v) is 5.86. The Bertz CT molecular complexity index is 496. The van der Waals surface area contributed by atoms with Gasteiger partial charge in [0.15, 0.2) is 5.65 Å². The average molecular weight is 216 g/mol. The molecular formula is C12H16N4. The number of aromatic nitrogens is 3. The second-order valence-electron chi connectivity index (χ2n) is 4.64. The number of nitrogens with two attached hydrogens (primary N) is 1. The molecule has 0 aliphatic heterocycles. The quantitative estimate of drug-likeness (QED) is 0.827. The van der Waals surface area contributed by atoms with Crippen LogP contribution in [0.3, 0.4) is 0 Å². The molecule has 1 saturated carbocycles. The molecule has 16 heavy (non-hydrogen) atoms. The predicted octanol–water partition coefficient (Wildman–Crippen LogP) is 1.50. The number of hydrogen-bond donors (Lipinski definition) is 1. The van der Waals surface area contributed by atoms with Crippen molar-refractivity contribution < 1.29 is 0 Å². The molecular weight excluding hydrogens is 200 g/mol. The van der Waals surface area contributed by atoms with Crippen molar-refractivity contribution >= 4 is 5.65 Å². The Morgan fingerprint density at radius 2 is 2.06 bits per heavy atom. The SMILES string of the molecule is NCC1(c2nnc3ccccn23)CCCC1. The molecule has 1 fully saturated rings. The van der Waals surface area contributed by atoms with E-state index >= 15 is 0 Å². The highest BCUT2D eigenvalue weighted by Gasteiger charge is 2.38. The Hall–Kier alpha value is -1.42. The normalized spacial score (nSPS) is 19.3. The lowest BCUT2D eigenvalue weighted by atomic mass is 9.85. The van der Waals surface area contributed by atoms with Gasteiger partial charge in [-0.1, -0.05) is 18.9 Å². The van der Waals surface area contributed by atoms with Crippen molar-refractivity contribution in [2.24, 2.45) is 5.73 Å². The van der Waals surface area contributed by atoms with Crippen LogP contribution in [0.1, 0.15) is 31.5 Å². The van der Waals surface area contributed by atoms with E-state index < -0.39 is 0 Å². The van der Waals surface area contributed by atoms with Crippen LogP contribution in [-0.2, 0) is 5.41 Å². The molecule has 0 spiro atoms. The summed E-state index contributed by atoms with van der Waals surface area (Å²) < 4.78 is 2.08. The maximum Gasteiger partial charge on any atom is 0.160 e. The summed E-state index contributed by atoms with van der Waals surface area (Å²) in [4.78, 5) is 0. The predicted molar refractivity (Wildman–Crippen MR) is 62.2 cm³/mol. The van der Waals surface area contributed by atoms with E-state index in [2.05, 4.69) is 14.6 Å². The Labute approximate surface area is 94.5 Å². The van der Waals surface area contributed by atoms with Crippen LogP contribution < -0.4 is 5.73 Å². The van der Waals surface area contributed by atoms with E-state index in [1.54, 1.807) is 0 Å². The maximum absolute atomic E-state index is 5.97. The van der Waals surface area contributed by atoms with Gasteiger partial charge < -0.3 is 5.73 Å². The van der Waals surface area contributed by atoms with Crippen molar-refractivity contribution in [3.8, 4) is 0 Å². The van der Waals surface area contributed by atoms with Crippen molar-refractivity contribution in [2.75, 3.05) is 6.54 Å². The monoisotopic (exact) mass is 216 g/mol. The number of nitrogens with zero attached hydrogens (tertiary/aromatic N) is 3. The third-order valence-corrected chi connectivity index (χ3v) is 3.74. The van der Waals surface area contributed by atoms with Crippen LogP contribution in [0.25, 0.3) is 5.65 Å². The highest BCUT2D eigenvalue weighted by atomic mass is 15.3. The molecule has 2 N–H and O–H groups in total. The fraction of sp³-hybridized carbons (Fsp3) is 0.500. The van der Waals surface area contributed by atoms with E-state index in [-0.39, 0.29) is 5.41 Å². The third kappa shape index (κ3) is 1.26. The minimum Gasteiger partial charge on any atom is -0.329 e. The van der Waals surface area contributed by atoms with Gasteiger partial charge in [-0.2, -0.15) is 0 Å². The van der Waals surface area contributed by atoms with Gasteiger partial charge in [0.05, 0.1) is 0 Å². The van der Waals surface area contributed by atoms with Gasteiger partial charge >= 0.3 is 0 Å². The van der Waals surface area contributed by atoms with Crippen molar-refractivity contribution in [1.82, 2.24) is 14.6 Å². The zero-order chi connectivity index (χ0) is 11.0. The molecule has 0 atom stereocenters. The van der Waals surface area contributed by atoms with Gasteiger partial charge in [0.2, 0.25) is 0 Å². The van der Waals surface area contributed by atoms with Crippen LogP contribution in [0, 0.1) is 0 Å². The van der Waals surface area contributed by atoms with Gasteiger partial charge in [-0.05, 0) is 25.0 Å². The summed E-state index contributed by atoms with van der Waals surface area (Å²) in [6, 6.07) is 5.98. The molecule has 0 bridgehead atoms. The molecule has 2 aromatic rings. The molecule has 0 amide bonds. The highest BCUT2D eigenvalue weighted by molar-refractivity contribution is 5.38. The van der Waals surface area contributed by atoms with Crippen LogP contribution in [0.15, 0.2) is 24.4 Å². The average Bonchev–Trinajstić information content (AvgIpc) is 2.96. The molecule has 84 valence electrons. The van der Waals surface area contributed by atoms with E-state index in [4.69, 9.17) is 5.73 Å². The van der Waals surface area contributed by atoms with Gasteiger partial charge in [-0.3, -0.25) is 4.40 Å². The summed E-state index contributed by atoms with van der Waals surface area (Å²) >= 11 is 0. The lowest BCUT2D eigenvalue weighted by molar-refractivity contribution is 0.420. The van der Waals surface area contributed by atoms with Crippen LogP contribution in [0.5, 0.6) is 0 Å². The summed E-state index contributed by atoms with van der Waals surface area (Å²) in [6.07, 6.45) is 6.80. The Kier molecular flexibility index (Phi) is 2.17. The first-order valence-electron chi connectivity index (χ1n) is 5.86. The smallest absolute Gasteiger partial charge is 0.160 e. The summed E-state index contributed by atoms with van der Waals surface area (Å²) in [5, 5.41) is 8.57. The first kappa shape index (κ1) is 9.78. The minimum atomic E-state index is 0.0563. The molecule has 1 aliphatic rings. The van der Waals surface area contributed by atoms with Gasteiger partial charge in [-0.25, -0.2) is 0 Å². The molecule has 4 nitrogen and oxygen atoms in total. The lowest BCUT2D eigenvalue weighted by Gasteiger charge is -2.24. The van der Waals surface area contributed by atoms with Crippen LogP contribution in [0.4, 0.5) is 0 Å². The zero-order valence-electron chi connectivity index (χ0n) is 9.26. The van der Waals surface area contributed by atoms with Gasteiger partial charge in [0, 0.05) is 18.2 Å². The van der Waals surface area contributed by atoms with Crippen molar-refractivity contribution in [3.05, 3.63) is 30.2 Å². The fourth-order valence-corrected chi connectivity index (χ4v) is 2.77. The Balaban J connectivity index is 2.17. The van der Waals surface area contributed by atoms with Crippen molar-refractivity contribution in [1.29, 1.82) is 0 Å². The molecule has 0 unspecified atom stereocenters. The number of pyridine rings is 1. The summed E-state index contributed by atoms with van der Waals surface area (Å²) in [5.74, 6) is 1.04. The minimum absolute atomic E-state index is 0.0563. The third-order valence-electron chi connectivity index (χ3n) is 3.74. The lowest BCUT2D eigenvalue weighted by Crippen LogP contribution is -2.34. The standard InChI is InChI=1S/C12H16N4/c13-9-12(6-2-3-7-12)11-15-14-10-5-1-4-8-16(10)11/h1,4-5,8H,2-3,6-7,9,13H2. The van der Waals surface area contributed by atoms with Crippen molar-refractivity contribution in [2.45, 2.75) is 31.1 Å². The van der Waals surface area contributed by atoms with E-state index in [0.29, 0.717) is 6.54 Å². The highest BCUT2D eigenvalue weighted by Crippen LogP contribution is 2.39. The molecule has 2 heterocycles. The number of hydrogen-bond acceptors (Lipinski definition) is 3. The number of fused-ring (bicyclic) bond motifs is 1. The summed E-state index contributed by atoms with van der Waals surface area (Å²) in [7, 11) is 0. The molecule has 4 heteroatoms. The molecule has 0 aromatic carbocycles. The molecule has 2 aromatic heterocycles. The van der Waals surface area contributed by atoms with Gasteiger partial charge in [0.1, 0.15) is 5.82 Å². The summed E-state index contributed by atoms with van der Waals surface area (Å²) in [5.41, 5.74) is 6.94. The van der Waals surface area contributed by atoms with Crippen LogP contribution in [-0.4, -0.2) is 21.1 Å². The molecule has 1 aliphatic carbocycles. The fourth-order valence-electron chi connectivity index (χ4n) is 2.77. The van der Waals surface area contributed by atoms with E-state index in [1.807, 2.05) is 24.4 Å². The molecule has 0 radical (unpaired) electrons. The van der Waals surface area contributed by atoms with Gasteiger partial charge in [0.25, 0.3) is 0 Å². The molecule has 0 saturated heterocycles. The first-order chi connectivity index (χ1) is 7.86. The Morgan fingerprint density at radius 3 is 2.81 bits per heavy atom. The number of rotatable bonds is 2. The largest absolute Gasteiger partial charge is 0.329 e. The topological polar surface area (TPSA) is 56.2 Å². The van der Waals surface area contributed by atoms with E-state index in [1.165, 1.54) is 12.8 Å². The zero-order valence-corrected chi connectivity index (χ0v) is 9.26. The Morgan fingerprint density at radius 1 is 1.25 bits per heavy atom. The summed E-state index contributed by atoms with van der Waals surface area (Å²) in [6.45, 7) is 0.669. The van der Waals surface area contributed by atoms with E-state index in [0.717, 1.165) is 24.3 Å². The maximum atomic E-state index is 5.97. The molecule has 3 rings (SSSR count). The van der Waals surface area contributed by atoms with Crippen LogP contribution in [0.2, 0.25) is 0 Å². The van der Waals surface area contributed by atoms with E-state index in [9.17, 15) is 0 Å². The van der Waals surface area contributed by atoms with Gasteiger partial charge in [-0.15, -0.1) is 10.2 Å². The second kappa shape index (κ2) is 3.56.